The van der Waals surface area contributed by atoms with Gasteiger partial charge in [0.05, 0.1) is 17.1 Å². The second-order valence-electron chi connectivity index (χ2n) is 9.10. The zero-order chi connectivity index (χ0) is 26.7. The number of rotatable bonds is 8. The second kappa shape index (κ2) is 10.8. The first-order chi connectivity index (χ1) is 16.7. The third-order valence-corrected chi connectivity index (χ3v) is 8.01. The first kappa shape index (κ1) is 27.9. The van der Waals surface area contributed by atoms with Crippen molar-refractivity contribution in [3.05, 3.63) is 59.7 Å². The minimum atomic E-state index is -4.93. The van der Waals surface area contributed by atoms with Crippen LogP contribution in [0, 0.1) is 0 Å². The van der Waals surface area contributed by atoms with Gasteiger partial charge in [0.2, 0.25) is 15.9 Å². The zero-order valence-electron chi connectivity index (χ0n) is 19.8. The van der Waals surface area contributed by atoms with Crippen LogP contribution < -0.4 is 10.1 Å². The van der Waals surface area contributed by atoms with Gasteiger partial charge in [0, 0.05) is 19.5 Å². The van der Waals surface area contributed by atoms with Gasteiger partial charge in [-0.15, -0.1) is 13.2 Å². The summed E-state index contributed by atoms with van der Waals surface area (Å²) in [6, 6.07) is 9.85. The predicted molar refractivity (Wildman–Crippen MR) is 124 cm³/mol. The highest BCUT2D eigenvalue weighted by molar-refractivity contribution is 7.89. The number of benzene rings is 2. The summed E-state index contributed by atoms with van der Waals surface area (Å²) in [5.41, 5.74) is 0.252. The van der Waals surface area contributed by atoms with E-state index in [-0.39, 0.29) is 30.8 Å². The fourth-order valence-electron chi connectivity index (χ4n) is 3.97. The Morgan fingerprint density at radius 2 is 1.78 bits per heavy atom. The zero-order valence-corrected chi connectivity index (χ0v) is 20.6. The van der Waals surface area contributed by atoms with Gasteiger partial charge in [0.25, 0.3) is 0 Å². The van der Waals surface area contributed by atoms with Crippen molar-refractivity contribution in [3.63, 3.8) is 0 Å². The molecular weight excluding hydrogens is 501 g/mol. The number of ether oxygens (including phenoxy) is 1. The first-order valence-corrected chi connectivity index (χ1v) is 12.8. The van der Waals surface area contributed by atoms with Crippen molar-refractivity contribution < 1.29 is 41.3 Å². The van der Waals surface area contributed by atoms with E-state index >= 15 is 0 Å². The third-order valence-electron chi connectivity index (χ3n) is 6.09. The maximum absolute atomic E-state index is 13.3. The molecule has 1 fully saturated rings. The van der Waals surface area contributed by atoms with E-state index in [2.05, 4.69) is 10.1 Å². The fraction of sp³-hybridized carbons (Fsp3) is 0.458. The molecule has 36 heavy (non-hydrogen) atoms. The Labute approximate surface area is 207 Å². The second-order valence-corrected chi connectivity index (χ2v) is 11.0. The van der Waals surface area contributed by atoms with Crippen molar-refractivity contribution in [2.24, 2.45) is 0 Å². The van der Waals surface area contributed by atoms with E-state index in [4.69, 9.17) is 0 Å². The lowest BCUT2D eigenvalue weighted by Gasteiger charge is -2.41. The molecule has 3 rings (SSSR count). The van der Waals surface area contributed by atoms with Crippen molar-refractivity contribution in [1.82, 2.24) is 9.62 Å². The molecule has 8 nitrogen and oxygen atoms in total. The van der Waals surface area contributed by atoms with E-state index < -0.39 is 46.3 Å². The molecule has 2 atom stereocenters. The number of aliphatic hydroxyl groups is 2. The molecule has 2 aromatic carbocycles. The summed E-state index contributed by atoms with van der Waals surface area (Å²) in [6.07, 6.45) is -5.41. The number of sulfonamides is 1. The number of hydrogen-bond acceptors (Lipinski definition) is 6. The number of alkyl halides is 3. The molecule has 0 aliphatic carbocycles. The molecule has 1 aliphatic heterocycles. The third kappa shape index (κ3) is 6.75. The van der Waals surface area contributed by atoms with Gasteiger partial charge in [0.15, 0.2) is 0 Å². The van der Waals surface area contributed by atoms with E-state index in [0.29, 0.717) is 5.92 Å². The number of carbonyl (C=O) groups is 1. The number of hydrogen-bond donors (Lipinski definition) is 3. The van der Waals surface area contributed by atoms with E-state index in [1.807, 2.05) is 38.1 Å². The monoisotopic (exact) mass is 530 g/mol. The van der Waals surface area contributed by atoms with Crippen LogP contribution >= 0.6 is 0 Å². The van der Waals surface area contributed by atoms with Crippen molar-refractivity contribution in [1.29, 1.82) is 0 Å². The van der Waals surface area contributed by atoms with E-state index in [0.717, 1.165) is 39.7 Å². The number of aliphatic hydroxyl groups excluding tert-OH is 1. The Hall–Kier alpha value is -2.67. The van der Waals surface area contributed by atoms with Gasteiger partial charge < -0.3 is 20.3 Å². The maximum atomic E-state index is 13.3. The molecule has 3 N–H and O–H groups in total. The Balaban J connectivity index is 1.80. The van der Waals surface area contributed by atoms with Crippen LogP contribution in [0.1, 0.15) is 43.7 Å². The fourth-order valence-corrected chi connectivity index (χ4v) is 5.56. The summed E-state index contributed by atoms with van der Waals surface area (Å²) < 4.78 is 68.6. The van der Waals surface area contributed by atoms with Gasteiger partial charge in [-0.1, -0.05) is 38.1 Å². The minimum Gasteiger partial charge on any atom is -0.406 e. The minimum absolute atomic E-state index is 0.114. The smallest absolute Gasteiger partial charge is 0.406 e. The molecule has 198 valence electrons. The average molecular weight is 531 g/mol. The van der Waals surface area contributed by atoms with E-state index in [1.165, 1.54) is 0 Å². The summed E-state index contributed by atoms with van der Waals surface area (Å²) in [6.45, 7) is 3.27. The van der Waals surface area contributed by atoms with Crippen LogP contribution in [0.5, 0.6) is 5.75 Å². The van der Waals surface area contributed by atoms with Crippen molar-refractivity contribution >= 4 is 15.9 Å². The standard InChI is InChI=1S/C24H29F3N2O6S/c1-16(2)18-5-3-17(4-6-18)14-28-22(31)21-13-23(32,15-30)11-12-29(21)36(33,34)20-9-7-19(8-10-20)35-24(25,26)27/h3-10,16,21,30,32H,11-15H2,1-2H3,(H,28,31)/t21-,23+/m1/s1. The van der Waals surface area contributed by atoms with E-state index in [9.17, 15) is 36.6 Å². The maximum Gasteiger partial charge on any atom is 0.573 e. The van der Waals surface area contributed by atoms with Crippen LogP contribution in [0.3, 0.4) is 0 Å². The van der Waals surface area contributed by atoms with Gasteiger partial charge in [-0.3, -0.25) is 4.79 Å². The van der Waals surface area contributed by atoms with Crippen LogP contribution in [0.25, 0.3) is 0 Å². The number of piperidine rings is 1. The summed E-state index contributed by atoms with van der Waals surface area (Å²) in [7, 11) is -4.33. The number of nitrogens with one attached hydrogen (secondary N) is 1. The molecule has 0 radical (unpaired) electrons. The average Bonchev–Trinajstić information content (AvgIpc) is 2.82. The molecule has 0 saturated carbocycles. The van der Waals surface area contributed by atoms with Crippen LogP contribution in [-0.4, -0.2) is 60.0 Å². The number of carbonyl (C=O) groups excluding carboxylic acids is 1. The van der Waals surface area contributed by atoms with Crippen LogP contribution in [0.2, 0.25) is 0 Å². The van der Waals surface area contributed by atoms with E-state index in [1.54, 1.807) is 0 Å². The Morgan fingerprint density at radius 1 is 1.17 bits per heavy atom. The van der Waals surface area contributed by atoms with Crippen molar-refractivity contribution in [2.75, 3.05) is 13.2 Å². The molecule has 0 bridgehead atoms. The summed E-state index contributed by atoms with van der Waals surface area (Å²) in [4.78, 5) is 12.8. The summed E-state index contributed by atoms with van der Waals surface area (Å²) in [5, 5.41) is 22.9. The highest BCUT2D eigenvalue weighted by Crippen LogP contribution is 2.32. The largest absolute Gasteiger partial charge is 0.573 e. The lowest BCUT2D eigenvalue weighted by Crippen LogP contribution is -2.58. The molecule has 0 unspecified atom stereocenters. The van der Waals surface area contributed by atoms with Crippen LogP contribution in [-0.2, 0) is 21.4 Å². The molecule has 12 heteroatoms. The SMILES string of the molecule is CC(C)c1ccc(CNC(=O)[C@H]2C[C@](O)(CO)CCN2S(=O)(=O)c2ccc(OC(F)(F)F)cc2)cc1. The van der Waals surface area contributed by atoms with Crippen molar-refractivity contribution in [3.8, 4) is 5.75 Å². The number of amides is 1. The lowest BCUT2D eigenvalue weighted by atomic mass is 9.88. The van der Waals surface area contributed by atoms with Crippen LogP contribution in [0.4, 0.5) is 13.2 Å². The molecule has 2 aromatic rings. The summed E-state index contributed by atoms with van der Waals surface area (Å²) >= 11 is 0. The molecular formula is C24H29F3N2O6S. The Bertz CT molecular complexity index is 1150. The van der Waals surface area contributed by atoms with Gasteiger partial charge in [-0.05, 0) is 47.7 Å². The normalized spacial score (nSPS) is 21.4. The molecule has 1 amide bonds. The molecule has 0 aromatic heterocycles. The lowest BCUT2D eigenvalue weighted by molar-refractivity contribution is -0.274. The Kier molecular flexibility index (Phi) is 8.33. The molecule has 0 spiro atoms. The highest BCUT2D eigenvalue weighted by atomic mass is 32.2. The quantitative estimate of drug-likeness (QED) is 0.484. The topological polar surface area (TPSA) is 116 Å². The van der Waals surface area contributed by atoms with Gasteiger partial charge in [0.1, 0.15) is 11.8 Å². The highest BCUT2D eigenvalue weighted by Gasteiger charge is 2.46. The number of nitrogens with zero attached hydrogens (tertiary/aromatic N) is 1. The molecule has 1 saturated heterocycles. The van der Waals surface area contributed by atoms with Crippen molar-refractivity contribution in [2.45, 2.75) is 62.1 Å². The van der Waals surface area contributed by atoms with Gasteiger partial charge in [-0.25, -0.2) is 8.42 Å². The molecule has 1 aliphatic rings. The first-order valence-electron chi connectivity index (χ1n) is 11.3. The van der Waals surface area contributed by atoms with Gasteiger partial charge >= 0.3 is 6.36 Å². The van der Waals surface area contributed by atoms with Gasteiger partial charge in [-0.2, -0.15) is 4.31 Å². The molecule has 1 heterocycles. The van der Waals surface area contributed by atoms with Crippen LogP contribution in [0.15, 0.2) is 53.4 Å². The Morgan fingerprint density at radius 3 is 2.31 bits per heavy atom. The number of halogens is 3. The predicted octanol–water partition coefficient (Wildman–Crippen LogP) is 2.90. The summed E-state index contributed by atoms with van der Waals surface area (Å²) in [5.74, 6) is -0.928.